The third-order valence-corrected chi connectivity index (χ3v) is 5.22. The molecule has 28 heavy (non-hydrogen) atoms. The first-order valence-electron chi connectivity index (χ1n) is 9.65. The Labute approximate surface area is 164 Å². The number of benzene rings is 3. The number of nitrogens with one attached hydrogen (secondary N) is 2. The lowest BCUT2D eigenvalue weighted by Gasteiger charge is -2.32. The number of amides is 2. The molecule has 1 aliphatic rings. The molecule has 1 saturated heterocycles. The zero-order valence-electron chi connectivity index (χ0n) is 15.7. The standard InChI is InChI=1S/C23H23N3O2/c27-22(24-21-11-10-18-6-4-5-9-20(18)16-21)17-25-12-14-26(15-13-25)23(28)19-7-2-1-3-8-19/h1-11,16H,12-15,17H2,(H,24,27)/p+1. The molecule has 142 valence electrons. The normalized spacial score (nSPS) is 14.8. The van der Waals surface area contributed by atoms with Crippen LogP contribution in [0.15, 0.2) is 72.8 Å². The fourth-order valence-electron chi connectivity index (χ4n) is 3.67. The summed E-state index contributed by atoms with van der Waals surface area (Å²) in [6, 6.07) is 23.4. The van der Waals surface area contributed by atoms with Crippen molar-refractivity contribution in [1.29, 1.82) is 0 Å². The van der Waals surface area contributed by atoms with Gasteiger partial charge in [0.15, 0.2) is 6.54 Å². The molecule has 3 aromatic carbocycles. The van der Waals surface area contributed by atoms with Gasteiger partial charge in [0.2, 0.25) is 0 Å². The highest BCUT2D eigenvalue weighted by atomic mass is 16.2. The average Bonchev–Trinajstić information content (AvgIpc) is 2.74. The highest BCUT2D eigenvalue weighted by molar-refractivity contribution is 5.95. The van der Waals surface area contributed by atoms with Crippen LogP contribution < -0.4 is 10.2 Å². The molecular weight excluding hydrogens is 350 g/mol. The second kappa shape index (κ2) is 8.23. The van der Waals surface area contributed by atoms with Crippen molar-refractivity contribution in [1.82, 2.24) is 4.90 Å². The van der Waals surface area contributed by atoms with Crippen LogP contribution >= 0.6 is 0 Å². The van der Waals surface area contributed by atoms with Gasteiger partial charge in [-0.3, -0.25) is 9.59 Å². The summed E-state index contributed by atoms with van der Waals surface area (Å²) >= 11 is 0. The molecule has 3 aromatic rings. The molecule has 2 amide bonds. The minimum atomic E-state index is 0.00752. The van der Waals surface area contributed by atoms with Gasteiger partial charge in [0, 0.05) is 11.3 Å². The number of rotatable bonds is 4. The molecule has 0 aromatic heterocycles. The minimum absolute atomic E-state index is 0.00752. The number of hydrogen-bond donors (Lipinski definition) is 2. The monoisotopic (exact) mass is 374 g/mol. The number of hydrogen-bond acceptors (Lipinski definition) is 2. The topological polar surface area (TPSA) is 53.9 Å². The Bertz CT molecular complexity index is 979. The van der Waals surface area contributed by atoms with E-state index in [-0.39, 0.29) is 11.8 Å². The molecule has 5 nitrogen and oxygen atoms in total. The van der Waals surface area contributed by atoms with E-state index >= 15 is 0 Å². The Morgan fingerprint density at radius 1 is 0.857 bits per heavy atom. The van der Waals surface area contributed by atoms with Gasteiger partial charge in [-0.2, -0.15) is 0 Å². The fraction of sp³-hybridized carbons (Fsp3) is 0.217. The summed E-state index contributed by atoms with van der Waals surface area (Å²) in [6.07, 6.45) is 0. The molecule has 0 spiro atoms. The maximum Gasteiger partial charge on any atom is 0.279 e. The van der Waals surface area contributed by atoms with Crippen LogP contribution in [0.2, 0.25) is 0 Å². The zero-order valence-corrected chi connectivity index (χ0v) is 15.7. The third-order valence-electron chi connectivity index (χ3n) is 5.22. The second-order valence-corrected chi connectivity index (χ2v) is 7.20. The van der Waals surface area contributed by atoms with Gasteiger partial charge in [0.25, 0.3) is 11.8 Å². The minimum Gasteiger partial charge on any atom is -0.327 e. The van der Waals surface area contributed by atoms with Crippen molar-refractivity contribution >= 4 is 28.3 Å². The quantitative estimate of drug-likeness (QED) is 0.732. The van der Waals surface area contributed by atoms with E-state index in [1.165, 1.54) is 4.90 Å². The van der Waals surface area contributed by atoms with E-state index in [1.54, 1.807) is 0 Å². The molecule has 1 heterocycles. The van der Waals surface area contributed by atoms with Crippen LogP contribution in [-0.2, 0) is 4.79 Å². The van der Waals surface area contributed by atoms with Crippen molar-refractivity contribution in [2.75, 3.05) is 38.0 Å². The van der Waals surface area contributed by atoms with Gasteiger partial charge in [-0.05, 0) is 35.0 Å². The van der Waals surface area contributed by atoms with E-state index in [0.717, 1.165) is 35.1 Å². The van der Waals surface area contributed by atoms with Crippen molar-refractivity contribution in [3.63, 3.8) is 0 Å². The highest BCUT2D eigenvalue weighted by Crippen LogP contribution is 2.18. The molecule has 0 radical (unpaired) electrons. The van der Waals surface area contributed by atoms with Gasteiger partial charge < -0.3 is 15.1 Å². The van der Waals surface area contributed by atoms with Crippen LogP contribution in [0.25, 0.3) is 10.8 Å². The van der Waals surface area contributed by atoms with Crippen molar-refractivity contribution in [2.45, 2.75) is 0 Å². The molecule has 0 bridgehead atoms. The molecule has 0 aliphatic carbocycles. The first kappa shape index (κ1) is 18.2. The van der Waals surface area contributed by atoms with Crippen LogP contribution in [0.3, 0.4) is 0 Å². The second-order valence-electron chi connectivity index (χ2n) is 7.20. The van der Waals surface area contributed by atoms with Crippen molar-refractivity contribution in [2.24, 2.45) is 0 Å². The lowest BCUT2D eigenvalue weighted by molar-refractivity contribution is -0.895. The van der Waals surface area contributed by atoms with Crippen LogP contribution in [-0.4, -0.2) is 49.4 Å². The maximum absolute atomic E-state index is 12.5. The molecule has 1 aliphatic heterocycles. The van der Waals surface area contributed by atoms with Crippen LogP contribution in [0.1, 0.15) is 10.4 Å². The lowest BCUT2D eigenvalue weighted by atomic mass is 10.1. The van der Waals surface area contributed by atoms with Gasteiger partial charge in [-0.1, -0.05) is 48.5 Å². The Hall–Kier alpha value is -3.18. The van der Waals surface area contributed by atoms with E-state index in [0.29, 0.717) is 19.6 Å². The first-order chi connectivity index (χ1) is 13.7. The van der Waals surface area contributed by atoms with Crippen LogP contribution in [0, 0.1) is 0 Å². The van der Waals surface area contributed by atoms with Gasteiger partial charge in [-0.25, -0.2) is 0 Å². The van der Waals surface area contributed by atoms with E-state index in [2.05, 4.69) is 11.4 Å². The average molecular weight is 374 g/mol. The van der Waals surface area contributed by atoms with E-state index in [9.17, 15) is 9.59 Å². The first-order valence-corrected chi connectivity index (χ1v) is 9.65. The summed E-state index contributed by atoms with van der Waals surface area (Å²) < 4.78 is 0. The smallest absolute Gasteiger partial charge is 0.279 e. The number of nitrogens with zero attached hydrogens (tertiary/aromatic N) is 1. The Kier molecular flexibility index (Phi) is 5.35. The molecule has 0 atom stereocenters. The largest absolute Gasteiger partial charge is 0.327 e. The van der Waals surface area contributed by atoms with Gasteiger partial charge in [-0.15, -0.1) is 0 Å². The van der Waals surface area contributed by atoms with E-state index in [4.69, 9.17) is 0 Å². The number of anilines is 1. The molecule has 0 unspecified atom stereocenters. The summed E-state index contributed by atoms with van der Waals surface area (Å²) in [6.45, 7) is 3.33. The van der Waals surface area contributed by atoms with Crippen molar-refractivity contribution in [3.8, 4) is 0 Å². The zero-order chi connectivity index (χ0) is 19.3. The molecule has 0 saturated carbocycles. The van der Waals surface area contributed by atoms with Crippen LogP contribution in [0.5, 0.6) is 0 Å². The van der Waals surface area contributed by atoms with E-state index < -0.39 is 0 Å². The lowest BCUT2D eigenvalue weighted by Crippen LogP contribution is -3.15. The third kappa shape index (κ3) is 4.21. The maximum atomic E-state index is 12.5. The summed E-state index contributed by atoms with van der Waals surface area (Å²) in [4.78, 5) is 28.0. The SMILES string of the molecule is O=C(C[NH+]1CCN(C(=O)c2ccccc2)CC1)Nc1ccc2ccccc2c1. The Morgan fingerprint density at radius 3 is 2.29 bits per heavy atom. The predicted molar refractivity (Wildman–Crippen MR) is 110 cm³/mol. The summed E-state index contributed by atoms with van der Waals surface area (Å²) in [5, 5.41) is 5.27. The van der Waals surface area contributed by atoms with Crippen LogP contribution in [0.4, 0.5) is 5.69 Å². The number of carbonyl (C=O) groups excluding carboxylic acids is 2. The summed E-state index contributed by atoms with van der Waals surface area (Å²) in [7, 11) is 0. The van der Waals surface area contributed by atoms with Gasteiger partial charge in [0.1, 0.15) is 0 Å². The fourth-order valence-corrected chi connectivity index (χ4v) is 3.67. The van der Waals surface area contributed by atoms with E-state index in [1.807, 2.05) is 71.6 Å². The Balaban J connectivity index is 1.29. The number of piperazine rings is 1. The molecule has 5 heteroatoms. The Morgan fingerprint density at radius 2 is 1.54 bits per heavy atom. The number of quaternary nitrogens is 1. The van der Waals surface area contributed by atoms with Crippen molar-refractivity contribution in [3.05, 3.63) is 78.4 Å². The molecule has 2 N–H and O–H groups in total. The molecular formula is C23H24N3O2+. The summed E-state index contributed by atoms with van der Waals surface area (Å²) in [5.74, 6) is 0.0772. The summed E-state index contributed by atoms with van der Waals surface area (Å²) in [5.41, 5.74) is 1.54. The predicted octanol–water partition coefficient (Wildman–Crippen LogP) is 1.82. The number of carbonyl (C=O) groups is 2. The van der Waals surface area contributed by atoms with Crippen molar-refractivity contribution < 1.29 is 14.5 Å². The van der Waals surface area contributed by atoms with Gasteiger partial charge >= 0.3 is 0 Å². The molecule has 4 rings (SSSR count). The van der Waals surface area contributed by atoms with Gasteiger partial charge in [0.05, 0.1) is 26.2 Å². The molecule has 1 fully saturated rings. The highest BCUT2D eigenvalue weighted by Gasteiger charge is 2.25. The number of fused-ring (bicyclic) bond motifs is 1.